The summed E-state index contributed by atoms with van der Waals surface area (Å²) in [5.74, 6) is 0.954. The SMILES string of the molecule is COc1ccc2c(c1)C(C)N(CCCC(CCCC(=O)CCc1ccc(F)cc1)(c1ccccc1)c1ccccc1)CC2. The summed E-state index contributed by atoms with van der Waals surface area (Å²) < 4.78 is 18.8. The fraction of sp³-hybridized carbons (Fsp3) is 0.359. The van der Waals surface area contributed by atoms with E-state index in [4.69, 9.17) is 4.74 Å². The predicted octanol–water partition coefficient (Wildman–Crippen LogP) is 8.89. The molecule has 1 heterocycles. The smallest absolute Gasteiger partial charge is 0.133 e. The van der Waals surface area contributed by atoms with Gasteiger partial charge in [-0.1, -0.05) is 78.9 Å². The molecule has 0 amide bonds. The minimum atomic E-state index is -0.243. The highest BCUT2D eigenvalue weighted by Crippen LogP contribution is 2.42. The molecule has 3 nitrogen and oxygen atoms in total. The van der Waals surface area contributed by atoms with Gasteiger partial charge in [-0.3, -0.25) is 9.69 Å². The second-order valence-electron chi connectivity index (χ2n) is 12.0. The van der Waals surface area contributed by atoms with E-state index in [0.29, 0.717) is 25.3 Å². The molecule has 5 rings (SSSR count). The van der Waals surface area contributed by atoms with E-state index < -0.39 is 0 Å². The first-order valence-corrected chi connectivity index (χ1v) is 15.8. The highest BCUT2D eigenvalue weighted by molar-refractivity contribution is 5.78. The monoisotopic (exact) mass is 577 g/mol. The number of nitrogens with zero attached hydrogens (tertiary/aromatic N) is 1. The first kappa shape index (κ1) is 30.7. The van der Waals surface area contributed by atoms with Gasteiger partial charge in [-0.2, -0.15) is 0 Å². The van der Waals surface area contributed by atoms with Gasteiger partial charge < -0.3 is 4.74 Å². The number of hydrogen-bond acceptors (Lipinski definition) is 3. The van der Waals surface area contributed by atoms with Crippen LogP contribution in [0.2, 0.25) is 0 Å². The third kappa shape index (κ3) is 7.61. The summed E-state index contributed by atoms with van der Waals surface area (Å²) in [6.07, 6.45) is 6.60. The van der Waals surface area contributed by atoms with Crippen molar-refractivity contribution >= 4 is 5.78 Å². The fourth-order valence-corrected chi connectivity index (χ4v) is 6.89. The molecule has 0 aromatic heterocycles. The lowest BCUT2D eigenvalue weighted by molar-refractivity contribution is -0.119. The number of carbonyl (C=O) groups is 1. The first-order valence-electron chi connectivity index (χ1n) is 15.8. The molecular formula is C39H44FNO2. The quantitative estimate of drug-likeness (QED) is 0.150. The van der Waals surface area contributed by atoms with Crippen LogP contribution in [-0.2, 0) is 23.1 Å². The standard InChI is InChI=1S/C39H44FNO2/c1-30-38-29-37(43-2)23-19-32(38)24-28-41(30)27-10-26-39(33-11-5-3-6-12-33,34-13-7-4-8-14-34)25-9-15-36(42)22-18-31-16-20-35(40)21-17-31/h3-8,11-14,16-17,19-21,23,29-30H,9-10,15,18,22,24-28H2,1-2H3. The van der Waals surface area contributed by atoms with E-state index in [1.165, 1.54) is 34.4 Å². The van der Waals surface area contributed by atoms with Gasteiger partial charge in [-0.25, -0.2) is 4.39 Å². The molecule has 0 spiro atoms. The molecule has 0 saturated carbocycles. The van der Waals surface area contributed by atoms with Crippen LogP contribution in [-0.4, -0.2) is 30.9 Å². The average molecular weight is 578 g/mol. The molecule has 4 aromatic carbocycles. The second-order valence-corrected chi connectivity index (χ2v) is 12.0. The largest absolute Gasteiger partial charge is 0.497 e. The number of carbonyl (C=O) groups excluding carboxylic acids is 1. The number of methoxy groups -OCH3 is 1. The van der Waals surface area contributed by atoms with Gasteiger partial charge in [0, 0.05) is 30.8 Å². The number of ketones is 1. The Morgan fingerprint density at radius 3 is 2.16 bits per heavy atom. The van der Waals surface area contributed by atoms with Crippen molar-refractivity contribution in [2.75, 3.05) is 20.2 Å². The molecule has 0 aliphatic carbocycles. The third-order valence-electron chi connectivity index (χ3n) is 9.39. The van der Waals surface area contributed by atoms with Gasteiger partial charge in [0.05, 0.1) is 7.11 Å². The molecule has 1 unspecified atom stereocenters. The number of halogens is 1. The maximum Gasteiger partial charge on any atom is 0.133 e. The van der Waals surface area contributed by atoms with Crippen molar-refractivity contribution in [3.63, 3.8) is 0 Å². The van der Waals surface area contributed by atoms with Crippen molar-refractivity contribution in [2.24, 2.45) is 0 Å². The number of ether oxygens (including phenoxy) is 1. The van der Waals surface area contributed by atoms with E-state index in [2.05, 4.69) is 90.7 Å². The molecule has 0 radical (unpaired) electrons. The number of Topliss-reactive ketones (excluding diaryl/α,β-unsaturated/α-hetero) is 1. The Balaban J connectivity index is 1.29. The molecule has 43 heavy (non-hydrogen) atoms. The number of aryl methyl sites for hydroxylation is 1. The van der Waals surface area contributed by atoms with Crippen molar-refractivity contribution in [3.05, 3.63) is 137 Å². The molecule has 1 atom stereocenters. The Kier molecular flexibility index (Phi) is 10.4. The third-order valence-corrected chi connectivity index (χ3v) is 9.39. The van der Waals surface area contributed by atoms with Gasteiger partial charge in [-0.15, -0.1) is 0 Å². The normalized spacial score (nSPS) is 15.2. The van der Waals surface area contributed by atoms with Crippen LogP contribution in [0.3, 0.4) is 0 Å². The highest BCUT2D eigenvalue weighted by atomic mass is 19.1. The molecule has 1 aliphatic heterocycles. The van der Waals surface area contributed by atoms with Crippen LogP contribution in [0, 0.1) is 5.82 Å². The van der Waals surface area contributed by atoms with Crippen molar-refractivity contribution in [1.82, 2.24) is 4.90 Å². The Bertz CT molecular complexity index is 1410. The topological polar surface area (TPSA) is 29.5 Å². The van der Waals surface area contributed by atoms with Crippen LogP contribution in [0.15, 0.2) is 103 Å². The van der Waals surface area contributed by atoms with Crippen LogP contribution in [0.5, 0.6) is 5.75 Å². The Labute approximate surface area is 256 Å². The van der Waals surface area contributed by atoms with Crippen molar-refractivity contribution in [1.29, 1.82) is 0 Å². The molecule has 4 aromatic rings. The van der Waals surface area contributed by atoms with E-state index >= 15 is 0 Å². The maximum absolute atomic E-state index is 13.3. The van der Waals surface area contributed by atoms with Crippen molar-refractivity contribution in [3.8, 4) is 5.75 Å². The van der Waals surface area contributed by atoms with E-state index in [1.807, 2.05) is 0 Å². The zero-order valence-electron chi connectivity index (χ0n) is 25.6. The van der Waals surface area contributed by atoms with E-state index in [1.54, 1.807) is 19.2 Å². The lowest BCUT2D eigenvalue weighted by Crippen LogP contribution is -2.36. The van der Waals surface area contributed by atoms with Crippen LogP contribution in [0.4, 0.5) is 4.39 Å². The number of fused-ring (bicyclic) bond motifs is 1. The van der Waals surface area contributed by atoms with Gasteiger partial charge in [0.15, 0.2) is 0 Å². The summed E-state index contributed by atoms with van der Waals surface area (Å²) in [4.78, 5) is 15.6. The summed E-state index contributed by atoms with van der Waals surface area (Å²) in [5.41, 5.74) is 6.28. The summed E-state index contributed by atoms with van der Waals surface area (Å²) >= 11 is 0. The van der Waals surface area contributed by atoms with Crippen molar-refractivity contribution < 1.29 is 13.9 Å². The summed E-state index contributed by atoms with van der Waals surface area (Å²) in [7, 11) is 1.73. The highest BCUT2D eigenvalue weighted by Gasteiger charge is 2.34. The number of hydrogen-bond donors (Lipinski definition) is 0. The molecule has 4 heteroatoms. The van der Waals surface area contributed by atoms with Gasteiger partial charge in [0.1, 0.15) is 17.3 Å². The van der Waals surface area contributed by atoms with E-state index in [9.17, 15) is 9.18 Å². The van der Waals surface area contributed by atoms with Gasteiger partial charge in [0.2, 0.25) is 0 Å². The van der Waals surface area contributed by atoms with Crippen LogP contribution >= 0.6 is 0 Å². The molecule has 1 aliphatic rings. The molecule has 0 N–H and O–H groups in total. The fourth-order valence-electron chi connectivity index (χ4n) is 6.89. The van der Waals surface area contributed by atoms with E-state index in [0.717, 1.165) is 56.5 Å². The molecule has 0 saturated heterocycles. The second kappa shape index (κ2) is 14.6. The van der Waals surface area contributed by atoms with Crippen LogP contribution < -0.4 is 4.74 Å². The summed E-state index contributed by atoms with van der Waals surface area (Å²) in [6, 6.07) is 35.1. The van der Waals surface area contributed by atoms with Crippen molar-refractivity contribution in [2.45, 2.75) is 69.7 Å². The summed E-state index contributed by atoms with van der Waals surface area (Å²) in [6.45, 7) is 4.40. The Hall–Kier alpha value is -3.76. The minimum absolute atomic E-state index is 0.167. The zero-order valence-corrected chi connectivity index (χ0v) is 25.6. The molecule has 0 fully saturated rings. The summed E-state index contributed by atoms with van der Waals surface area (Å²) in [5, 5.41) is 0. The first-order chi connectivity index (χ1) is 21.0. The Morgan fingerprint density at radius 1 is 0.860 bits per heavy atom. The predicted molar refractivity (Wildman–Crippen MR) is 173 cm³/mol. The van der Waals surface area contributed by atoms with Crippen LogP contribution in [0.25, 0.3) is 0 Å². The molecule has 0 bridgehead atoms. The van der Waals surface area contributed by atoms with E-state index in [-0.39, 0.29) is 17.0 Å². The lowest BCUT2D eigenvalue weighted by Gasteiger charge is -2.39. The van der Waals surface area contributed by atoms with Gasteiger partial charge in [0.25, 0.3) is 0 Å². The zero-order chi connectivity index (χ0) is 30.1. The average Bonchev–Trinajstić information content (AvgIpc) is 3.05. The number of benzene rings is 4. The van der Waals surface area contributed by atoms with Gasteiger partial charge in [-0.05, 0) is 104 Å². The number of rotatable bonds is 14. The lowest BCUT2D eigenvalue weighted by atomic mass is 9.68. The van der Waals surface area contributed by atoms with Crippen LogP contribution in [0.1, 0.15) is 79.3 Å². The molecular weight excluding hydrogens is 533 g/mol. The van der Waals surface area contributed by atoms with Gasteiger partial charge >= 0.3 is 0 Å². The minimum Gasteiger partial charge on any atom is -0.497 e. The Morgan fingerprint density at radius 2 is 1.51 bits per heavy atom. The maximum atomic E-state index is 13.3. The molecule has 224 valence electrons.